The van der Waals surface area contributed by atoms with Crippen molar-refractivity contribution in [3.8, 4) is 5.75 Å². The highest BCUT2D eigenvalue weighted by atomic mass is 32.1. The summed E-state index contributed by atoms with van der Waals surface area (Å²) in [5.41, 5.74) is 1.05. The number of esters is 1. The second-order valence-electron chi connectivity index (χ2n) is 6.53. The number of hydrogen-bond acceptors (Lipinski definition) is 7. The van der Waals surface area contributed by atoms with Gasteiger partial charge < -0.3 is 24.5 Å². The first-order valence-electron chi connectivity index (χ1n) is 9.52. The van der Waals surface area contributed by atoms with Crippen molar-refractivity contribution in [3.05, 3.63) is 71.0 Å². The number of hydrogen-bond donors (Lipinski definition) is 2. The van der Waals surface area contributed by atoms with Crippen LogP contribution in [0.5, 0.6) is 5.75 Å². The van der Waals surface area contributed by atoms with Gasteiger partial charge in [0.25, 0.3) is 11.8 Å². The van der Waals surface area contributed by atoms with Gasteiger partial charge in [0.1, 0.15) is 10.6 Å². The van der Waals surface area contributed by atoms with Gasteiger partial charge in [-0.1, -0.05) is 12.1 Å². The first-order valence-corrected chi connectivity index (χ1v) is 10.3. The van der Waals surface area contributed by atoms with Crippen molar-refractivity contribution in [2.45, 2.75) is 19.4 Å². The van der Waals surface area contributed by atoms with Crippen LogP contribution in [0.3, 0.4) is 0 Å². The summed E-state index contributed by atoms with van der Waals surface area (Å²) in [6.07, 6.45) is 1.09. The van der Waals surface area contributed by atoms with E-state index in [2.05, 4.69) is 10.6 Å². The van der Waals surface area contributed by atoms with E-state index >= 15 is 0 Å². The van der Waals surface area contributed by atoms with Gasteiger partial charge in [0.05, 0.1) is 18.4 Å². The molecule has 1 unspecified atom stereocenters. The van der Waals surface area contributed by atoms with E-state index in [-0.39, 0.29) is 16.5 Å². The normalized spacial score (nSPS) is 11.4. The number of carbonyl (C=O) groups excluding carboxylic acids is 3. The summed E-state index contributed by atoms with van der Waals surface area (Å²) in [5, 5.41) is 5.85. The van der Waals surface area contributed by atoms with Crippen molar-refractivity contribution < 1.29 is 28.3 Å². The third-order valence-electron chi connectivity index (χ3n) is 4.31. The molecule has 0 fully saturated rings. The fraction of sp³-hybridized carbons (Fsp3) is 0.227. The molecule has 2 N–H and O–H groups in total. The van der Waals surface area contributed by atoms with Gasteiger partial charge in [-0.2, -0.15) is 0 Å². The third kappa shape index (κ3) is 6.19. The molecular weight excluding hydrogens is 420 g/mol. The number of carbonyl (C=O) groups is 3. The van der Waals surface area contributed by atoms with Crippen molar-refractivity contribution in [2.24, 2.45) is 0 Å². The molecule has 0 aliphatic rings. The van der Waals surface area contributed by atoms with Gasteiger partial charge >= 0.3 is 5.97 Å². The fourth-order valence-corrected chi connectivity index (χ4v) is 3.42. The lowest BCUT2D eigenvalue weighted by atomic mass is 10.1. The SMILES string of the molecule is COc1ccc(CCNC(=O)C(C)OC(=O)c2ccc(NC(=O)c3ccco3)s2)cc1. The Labute approximate surface area is 183 Å². The van der Waals surface area contributed by atoms with Crippen LogP contribution in [0.25, 0.3) is 0 Å². The van der Waals surface area contributed by atoms with Gasteiger partial charge in [-0.3, -0.25) is 9.59 Å². The topological polar surface area (TPSA) is 107 Å². The first-order chi connectivity index (χ1) is 15.0. The van der Waals surface area contributed by atoms with Crippen LogP contribution >= 0.6 is 11.3 Å². The van der Waals surface area contributed by atoms with Gasteiger partial charge in [-0.25, -0.2) is 4.79 Å². The standard InChI is InChI=1S/C22H22N2O6S/c1-14(20(25)23-12-11-15-5-7-16(28-2)8-6-15)30-22(27)18-9-10-19(31-18)24-21(26)17-4-3-13-29-17/h3-10,13-14H,11-12H2,1-2H3,(H,23,25)(H,24,26). The van der Waals surface area contributed by atoms with Crippen LogP contribution in [0, 0.1) is 0 Å². The number of furan rings is 1. The minimum atomic E-state index is -0.952. The van der Waals surface area contributed by atoms with E-state index in [1.807, 2.05) is 24.3 Å². The molecule has 0 saturated heterocycles. The van der Waals surface area contributed by atoms with Crippen LogP contribution in [0.15, 0.2) is 59.2 Å². The van der Waals surface area contributed by atoms with Crippen molar-refractivity contribution in [1.29, 1.82) is 0 Å². The lowest BCUT2D eigenvalue weighted by molar-refractivity contribution is -0.129. The number of methoxy groups -OCH3 is 1. The zero-order chi connectivity index (χ0) is 22.2. The maximum atomic E-state index is 12.3. The van der Waals surface area contributed by atoms with Gasteiger partial charge in [-0.05, 0) is 55.3 Å². The van der Waals surface area contributed by atoms with Crippen LogP contribution < -0.4 is 15.4 Å². The molecule has 0 spiro atoms. The number of ether oxygens (including phenoxy) is 2. The second-order valence-corrected chi connectivity index (χ2v) is 7.62. The molecule has 1 aromatic carbocycles. The molecule has 31 heavy (non-hydrogen) atoms. The molecule has 2 amide bonds. The quantitative estimate of drug-likeness (QED) is 0.491. The Morgan fingerprint density at radius 2 is 1.87 bits per heavy atom. The summed E-state index contributed by atoms with van der Waals surface area (Å²) in [5.74, 6) is -0.509. The Morgan fingerprint density at radius 1 is 1.10 bits per heavy atom. The molecule has 3 rings (SSSR count). The van der Waals surface area contributed by atoms with Gasteiger partial charge in [0, 0.05) is 6.54 Å². The first kappa shape index (κ1) is 22.1. The Kier molecular flexibility index (Phi) is 7.45. The average Bonchev–Trinajstić information content (AvgIpc) is 3.46. The summed E-state index contributed by atoms with van der Waals surface area (Å²) < 4.78 is 15.4. The van der Waals surface area contributed by atoms with E-state index in [4.69, 9.17) is 13.9 Å². The number of benzene rings is 1. The van der Waals surface area contributed by atoms with Crippen molar-refractivity contribution >= 4 is 34.1 Å². The number of nitrogens with one attached hydrogen (secondary N) is 2. The van der Waals surface area contributed by atoms with Crippen LogP contribution in [0.1, 0.15) is 32.7 Å². The van der Waals surface area contributed by atoms with Crippen LogP contribution in [0.2, 0.25) is 0 Å². The number of thiophene rings is 1. The van der Waals surface area contributed by atoms with Crippen molar-refractivity contribution in [2.75, 3.05) is 19.0 Å². The number of amides is 2. The lowest BCUT2D eigenvalue weighted by Crippen LogP contribution is -2.36. The average molecular weight is 442 g/mol. The zero-order valence-electron chi connectivity index (χ0n) is 17.0. The minimum Gasteiger partial charge on any atom is -0.497 e. The van der Waals surface area contributed by atoms with E-state index in [0.717, 1.165) is 22.6 Å². The minimum absolute atomic E-state index is 0.164. The highest BCUT2D eigenvalue weighted by Gasteiger charge is 2.20. The summed E-state index contributed by atoms with van der Waals surface area (Å²) in [4.78, 5) is 36.8. The van der Waals surface area contributed by atoms with E-state index < -0.39 is 18.0 Å². The number of rotatable bonds is 9. The maximum Gasteiger partial charge on any atom is 0.349 e. The fourth-order valence-electron chi connectivity index (χ4n) is 2.63. The Hall–Kier alpha value is -3.59. The van der Waals surface area contributed by atoms with E-state index in [9.17, 15) is 14.4 Å². The van der Waals surface area contributed by atoms with E-state index in [1.54, 1.807) is 19.2 Å². The molecule has 0 bridgehead atoms. The molecule has 0 aliphatic carbocycles. The molecule has 9 heteroatoms. The molecule has 0 saturated carbocycles. The molecule has 2 heterocycles. The predicted molar refractivity (Wildman–Crippen MR) is 116 cm³/mol. The summed E-state index contributed by atoms with van der Waals surface area (Å²) >= 11 is 1.05. The Bertz CT molecular complexity index is 1030. The molecule has 8 nitrogen and oxygen atoms in total. The monoisotopic (exact) mass is 442 g/mol. The molecule has 2 aromatic heterocycles. The molecule has 1 atom stereocenters. The number of anilines is 1. The zero-order valence-corrected chi connectivity index (χ0v) is 17.9. The molecule has 3 aromatic rings. The van der Waals surface area contributed by atoms with Crippen LogP contribution in [0.4, 0.5) is 5.00 Å². The van der Waals surface area contributed by atoms with Crippen LogP contribution in [-0.2, 0) is 16.0 Å². The van der Waals surface area contributed by atoms with E-state index in [1.165, 1.54) is 25.3 Å². The molecule has 0 radical (unpaired) electrons. The predicted octanol–water partition coefficient (Wildman–Crippen LogP) is 3.51. The van der Waals surface area contributed by atoms with Crippen LogP contribution in [-0.4, -0.2) is 37.5 Å². The highest BCUT2D eigenvalue weighted by Crippen LogP contribution is 2.23. The highest BCUT2D eigenvalue weighted by molar-refractivity contribution is 7.18. The largest absolute Gasteiger partial charge is 0.497 e. The second kappa shape index (κ2) is 10.4. The summed E-state index contributed by atoms with van der Waals surface area (Å²) in [6.45, 7) is 1.92. The Balaban J connectivity index is 1.44. The smallest absolute Gasteiger partial charge is 0.349 e. The van der Waals surface area contributed by atoms with E-state index in [0.29, 0.717) is 18.0 Å². The van der Waals surface area contributed by atoms with Crippen molar-refractivity contribution in [3.63, 3.8) is 0 Å². The third-order valence-corrected chi connectivity index (χ3v) is 5.29. The van der Waals surface area contributed by atoms with Gasteiger partial charge in [0.15, 0.2) is 11.9 Å². The van der Waals surface area contributed by atoms with Gasteiger partial charge in [-0.15, -0.1) is 11.3 Å². The molecular formula is C22H22N2O6S. The summed E-state index contributed by atoms with van der Waals surface area (Å²) in [6, 6.07) is 13.8. The lowest BCUT2D eigenvalue weighted by Gasteiger charge is -2.13. The molecule has 0 aliphatic heterocycles. The maximum absolute atomic E-state index is 12.3. The Morgan fingerprint density at radius 3 is 2.55 bits per heavy atom. The van der Waals surface area contributed by atoms with Crippen molar-refractivity contribution in [1.82, 2.24) is 5.32 Å². The summed E-state index contributed by atoms with van der Waals surface area (Å²) in [7, 11) is 1.60. The van der Waals surface area contributed by atoms with Gasteiger partial charge in [0.2, 0.25) is 0 Å². The molecule has 162 valence electrons.